The van der Waals surface area contributed by atoms with E-state index in [1.54, 1.807) is 16.8 Å². The standard InChI is InChI=1S/C13H13NO2S/c1-9-2-4-10(5-3-9)13-11(14-8-17-13)6-7-12(15)16/h2-5,8H,6-7H2,1H3,(H,15,16). The first-order valence-electron chi connectivity index (χ1n) is 5.38. The molecular weight excluding hydrogens is 234 g/mol. The van der Waals surface area contributed by atoms with Crippen LogP contribution in [0.4, 0.5) is 0 Å². The summed E-state index contributed by atoms with van der Waals surface area (Å²) in [6, 6.07) is 8.20. The zero-order valence-electron chi connectivity index (χ0n) is 9.51. The number of nitrogens with zero attached hydrogens (tertiary/aromatic N) is 1. The van der Waals surface area contributed by atoms with Crippen molar-refractivity contribution in [3.8, 4) is 10.4 Å². The summed E-state index contributed by atoms with van der Waals surface area (Å²) >= 11 is 1.56. The van der Waals surface area contributed by atoms with E-state index in [0.29, 0.717) is 6.42 Å². The van der Waals surface area contributed by atoms with Gasteiger partial charge in [0.15, 0.2) is 0 Å². The third kappa shape index (κ3) is 2.91. The molecule has 0 aliphatic rings. The summed E-state index contributed by atoms with van der Waals surface area (Å²) in [6.07, 6.45) is 0.616. The van der Waals surface area contributed by atoms with Crippen LogP contribution in [0.3, 0.4) is 0 Å². The topological polar surface area (TPSA) is 50.2 Å². The number of carboxylic acid groups (broad SMARTS) is 1. The van der Waals surface area contributed by atoms with Crippen molar-refractivity contribution in [2.45, 2.75) is 19.8 Å². The quantitative estimate of drug-likeness (QED) is 0.903. The first-order chi connectivity index (χ1) is 8.16. The van der Waals surface area contributed by atoms with Gasteiger partial charge in [-0.1, -0.05) is 29.8 Å². The largest absolute Gasteiger partial charge is 0.481 e. The van der Waals surface area contributed by atoms with Crippen LogP contribution in [0.25, 0.3) is 10.4 Å². The molecule has 0 unspecified atom stereocenters. The van der Waals surface area contributed by atoms with E-state index in [9.17, 15) is 4.79 Å². The van der Waals surface area contributed by atoms with Crippen LogP contribution >= 0.6 is 11.3 Å². The first kappa shape index (κ1) is 11.8. The second-order valence-electron chi connectivity index (χ2n) is 3.89. The number of hydrogen-bond donors (Lipinski definition) is 1. The van der Waals surface area contributed by atoms with Gasteiger partial charge in [0.05, 0.1) is 22.5 Å². The highest BCUT2D eigenvalue weighted by Crippen LogP contribution is 2.28. The minimum absolute atomic E-state index is 0.128. The van der Waals surface area contributed by atoms with Crippen molar-refractivity contribution in [3.63, 3.8) is 0 Å². The molecule has 2 aromatic rings. The monoisotopic (exact) mass is 247 g/mol. The van der Waals surface area contributed by atoms with Crippen LogP contribution in [0.15, 0.2) is 29.8 Å². The van der Waals surface area contributed by atoms with Crippen LogP contribution in [-0.2, 0) is 11.2 Å². The average molecular weight is 247 g/mol. The summed E-state index contributed by atoms with van der Waals surface area (Å²) in [5.41, 5.74) is 4.97. The van der Waals surface area contributed by atoms with Gasteiger partial charge in [0, 0.05) is 6.42 Å². The molecule has 0 atom stereocenters. The molecule has 0 aliphatic heterocycles. The highest BCUT2D eigenvalue weighted by atomic mass is 32.1. The van der Waals surface area contributed by atoms with Crippen LogP contribution < -0.4 is 0 Å². The van der Waals surface area contributed by atoms with Gasteiger partial charge in [0.25, 0.3) is 0 Å². The third-order valence-electron chi connectivity index (χ3n) is 2.53. The highest BCUT2D eigenvalue weighted by Gasteiger charge is 2.09. The maximum Gasteiger partial charge on any atom is 0.303 e. The van der Waals surface area contributed by atoms with Gasteiger partial charge in [-0.2, -0.15) is 0 Å². The molecule has 0 radical (unpaired) electrons. The van der Waals surface area contributed by atoms with Gasteiger partial charge in [0.2, 0.25) is 0 Å². The number of carboxylic acids is 1. The van der Waals surface area contributed by atoms with E-state index in [2.05, 4.69) is 17.1 Å². The number of carbonyl (C=O) groups is 1. The lowest BCUT2D eigenvalue weighted by atomic mass is 10.1. The SMILES string of the molecule is Cc1ccc(-c2scnc2CCC(=O)O)cc1. The lowest BCUT2D eigenvalue weighted by Crippen LogP contribution is -1.98. The van der Waals surface area contributed by atoms with E-state index < -0.39 is 5.97 Å². The molecule has 2 rings (SSSR count). The van der Waals surface area contributed by atoms with Gasteiger partial charge in [-0.05, 0) is 12.5 Å². The van der Waals surface area contributed by atoms with E-state index in [0.717, 1.165) is 16.1 Å². The zero-order valence-corrected chi connectivity index (χ0v) is 10.3. The molecule has 88 valence electrons. The van der Waals surface area contributed by atoms with Gasteiger partial charge in [-0.3, -0.25) is 4.79 Å². The zero-order chi connectivity index (χ0) is 12.3. The number of aryl methyl sites for hydroxylation is 2. The second-order valence-corrected chi connectivity index (χ2v) is 4.74. The number of hydrogen-bond acceptors (Lipinski definition) is 3. The van der Waals surface area contributed by atoms with Crippen molar-refractivity contribution in [2.24, 2.45) is 0 Å². The minimum Gasteiger partial charge on any atom is -0.481 e. The molecule has 1 aromatic heterocycles. The van der Waals surface area contributed by atoms with Gasteiger partial charge < -0.3 is 5.11 Å². The van der Waals surface area contributed by atoms with Crippen LogP contribution in [0.5, 0.6) is 0 Å². The Morgan fingerprint density at radius 2 is 2.06 bits per heavy atom. The molecule has 0 aliphatic carbocycles. The first-order valence-corrected chi connectivity index (χ1v) is 6.26. The molecule has 17 heavy (non-hydrogen) atoms. The predicted molar refractivity (Wildman–Crippen MR) is 68.2 cm³/mol. The van der Waals surface area contributed by atoms with E-state index in [-0.39, 0.29) is 6.42 Å². The van der Waals surface area contributed by atoms with Crippen molar-refractivity contribution in [3.05, 3.63) is 41.0 Å². The highest BCUT2D eigenvalue weighted by molar-refractivity contribution is 7.13. The average Bonchev–Trinajstić information content (AvgIpc) is 2.75. The number of aromatic nitrogens is 1. The summed E-state index contributed by atoms with van der Waals surface area (Å²) in [5.74, 6) is -0.784. The smallest absolute Gasteiger partial charge is 0.303 e. The normalized spacial score (nSPS) is 10.4. The molecular formula is C13H13NO2S. The molecule has 0 amide bonds. The van der Waals surface area contributed by atoms with E-state index >= 15 is 0 Å². The van der Waals surface area contributed by atoms with Crippen LogP contribution in [0, 0.1) is 6.92 Å². The third-order valence-corrected chi connectivity index (χ3v) is 3.45. The van der Waals surface area contributed by atoms with Gasteiger partial charge >= 0.3 is 5.97 Å². The second kappa shape index (κ2) is 5.10. The van der Waals surface area contributed by atoms with E-state index in [1.807, 2.05) is 19.1 Å². The van der Waals surface area contributed by atoms with E-state index in [4.69, 9.17) is 5.11 Å². The Kier molecular flexibility index (Phi) is 3.54. The Balaban J connectivity index is 2.24. The summed E-state index contributed by atoms with van der Waals surface area (Å²) in [5, 5.41) is 8.69. The Hall–Kier alpha value is -1.68. The Labute approximate surface area is 104 Å². The molecule has 0 fully saturated rings. The summed E-state index contributed by atoms with van der Waals surface area (Å²) in [6.45, 7) is 2.04. The number of benzene rings is 1. The fourth-order valence-electron chi connectivity index (χ4n) is 1.61. The van der Waals surface area contributed by atoms with E-state index in [1.165, 1.54) is 5.56 Å². The molecule has 0 spiro atoms. The maximum absolute atomic E-state index is 10.6. The summed E-state index contributed by atoms with van der Waals surface area (Å²) in [7, 11) is 0. The Morgan fingerprint density at radius 3 is 2.71 bits per heavy atom. The molecule has 0 saturated carbocycles. The molecule has 4 heteroatoms. The van der Waals surface area contributed by atoms with Gasteiger partial charge in [-0.25, -0.2) is 4.98 Å². The molecule has 1 aromatic carbocycles. The van der Waals surface area contributed by atoms with Crippen molar-refractivity contribution in [2.75, 3.05) is 0 Å². The number of aliphatic carboxylic acids is 1. The van der Waals surface area contributed by atoms with Crippen molar-refractivity contribution >= 4 is 17.3 Å². The molecule has 1 N–H and O–H groups in total. The molecule has 3 nitrogen and oxygen atoms in total. The van der Waals surface area contributed by atoms with Gasteiger partial charge in [0.1, 0.15) is 0 Å². The lowest BCUT2D eigenvalue weighted by molar-refractivity contribution is -0.136. The molecule has 0 bridgehead atoms. The summed E-state index contributed by atoms with van der Waals surface area (Å²) in [4.78, 5) is 15.9. The summed E-state index contributed by atoms with van der Waals surface area (Å²) < 4.78 is 0. The molecule has 0 saturated heterocycles. The fraction of sp³-hybridized carbons (Fsp3) is 0.231. The van der Waals surface area contributed by atoms with Gasteiger partial charge in [-0.15, -0.1) is 11.3 Å². The van der Waals surface area contributed by atoms with Crippen LogP contribution in [0.2, 0.25) is 0 Å². The van der Waals surface area contributed by atoms with Crippen LogP contribution in [-0.4, -0.2) is 16.1 Å². The van der Waals surface area contributed by atoms with Crippen molar-refractivity contribution in [1.82, 2.24) is 4.98 Å². The lowest BCUT2D eigenvalue weighted by Gasteiger charge is -2.02. The minimum atomic E-state index is -0.784. The molecule has 1 heterocycles. The number of thiazole rings is 1. The maximum atomic E-state index is 10.6. The number of rotatable bonds is 4. The van der Waals surface area contributed by atoms with Crippen molar-refractivity contribution < 1.29 is 9.90 Å². The fourth-order valence-corrected chi connectivity index (χ4v) is 2.46. The Morgan fingerprint density at radius 1 is 1.35 bits per heavy atom. The van der Waals surface area contributed by atoms with Crippen molar-refractivity contribution in [1.29, 1.82) is 0 Å². The predicted octanol–water partition coefficient (Wildman–Crippen LogP) is 3.14. The Bertz CT molecular complexity index is 516. The van der Waals surface area contributed by atoms with Crippen LogP contribution in [0.1, 0.15) is 17.7 Å².